The molecule has 0 amide bonds. The van der Waals surface area contributed by atoms with Crippen molar-refractivity contribution in [2.45, 2.75) is 52.2 Å². The Kier molecular flexibility index (Phi) is 8.44. The molecule has 1 aliphatic heterocycles. The zero-order chi connectivity index (χ0) is 17.5. The van der Waals surface area contributed by atoms with Gasteiger partial charge in [0.15, 0.2) is 0 Å². The number of piperazine rings is 1. The predicted octanol–water partition coefficient (Wildman–Crippen LogP) is -1.40. The second kappa shape index (κ2) is 10.1. The van der Waals surface area contributed by atoms with E-state index in [1.807, 2.05) is 0 Å². The molecule has 24 heavy (non-hydrogen) atoms. The van der Waals surface area contributed by atoms with Gasteiger partial charge in [-0.2, -0.15) is 0 Å². The molecule has 4 atom stereocenters. The Hall–Kier alpha value is -0.200. The van der Waals surface area contributed by atoms with Gasteiger partial charge in [-0.3, -0.25) is 0 Å². The Balaban J connectivity index is 1.69. The van der Waals surface area contributed by atoms with E-state index >= 15 is 0 Å². The number of aliphatic hydroxyl groups is 2. The van der Waals surface area contributed by atoms with Crippen LogP contribution in [0.15, 0.2) is 0 Å². The lowest BCUT2D eigenvalue weighted by Crippen LogP contribution is -3.28. The largest absolute Gasteiger partial charge is 0.391 e. The van der Waals surface area contributed by atoms with Crippen LogP contribution in [0.5, 0.6) is 0 Å². The molecule has 0 spiro atoms. The van der Waals surface area contributed by atoms with Gasteiger partial charge in [0.05, 0.1) is 19.3 Å². The summed E-state index contributed by atoms with van der Waals surface area (Å²) < 4.78 is 6.19. The minimum Gasteiger partial charge on any atom is -0.391 e. The van der Waals surface area contributed by atoms with E-state index < -0.39 is 0 Å². The van der Waals surface area contributed by atoms with E-state index in [1.54, 1.807) is 0 Å². The van der Waals surface area contributed by atoms with E-state index in [0.717, 1.165) is 51.6 Å². The first-order valence-electron chi connectivity index (χ1n) is 10.1. The van der Waals surface area contributed by atoms with Crippen molar-refractivity contribution >= 4 is 0 Å². The molecule has 142 valence electrons. The molecule has 1 aliphatic carbocycles. The molecule has 1 saturated carbocycles. The lowest BCUT2D eigenvalue weighted by atomic mass is 9.75. The summed E-state index contributed by atoms with van der Waals surface area (Å²) in [6.07, 6.45) is 3.69. The Morgan fingerprint density at radius 3 is 2.38 bits per heavy atom. The monoisotopic (exact) mass is 344 g/mol. The fourth-order valence-electron chi connectivity index (χ4n) is 4.50. The predicted molar refractivity (Wildman–Crippen MR) is 95.3 cm³/mol. The van der Waals surface area contributed by atoms with Gasteiger partial charge in [0.2, 0.25) is 0 Å². The minimum absolute atomic E-state index is 0.276. The zero-order valence-corrected chi connectivity index (χ0v) is 16.0. The van der Waals surface area contributed by atoms with Crippen molar-refractivity contribution in [3.8, 4) is 0 Å². The first-order valence-corrected chi connectivity index (χ1v) is 10.1. The summed E-state index contributed by atoms with van der Waals surface area (Å²) in [5.41, 5.74) is 0. The summed E-state index contributed by atoms with van der Waals surface area (Å²) >= 11 is 0. The molecule has 4 N–H and O–H groups in total. The molecule has 5 nitrogen and oxygen atoms in total. The average Bonchev–Trinajstić information content (AvgIpc) is 2.55. The van der Waals surface area contributed by atoms with E-state index in [0.29, 0.717) is 24.5 Å². The van der Waals surface area contributed by atoms with Crippen molar-refractivity contribution in [3.05, 3.63) is 0 Å². The highest BCUT2D eigenvalue weighted by molar-refractivity contribution is 4.81. The molecule has 2 aliphatic rings. The van der Waals surface area contributed by atoms with Gasteiger partial charge < -0.3 is 24.7 Å². The van der Waals surface area contributed by atoms with Gasteiger partial charge in [-0.15, -0.1) is 0 Å². The Morgan fingerprint density at radius 1 is 1.08 bits per heavy atom. The fraction of sp³-hybridized carbons (Fsp3) is 1.00. The average molecular weight is 345 g/mol. The second-order valence-electron chi connectivity index (χ2n) is 8.53. The third-order valence-corrected chi connectivity index (χ3v) is 6.12. The van der Waals surface area contributed by atoms with Crippen LogP contribution in [0.3, 0.4) is 0 Å². The first kappa shape index (κ1) is 20.1. The molecular weight excluding hydrogens is 304 g/mol. The zero-order valence-electron chi connectivity index (χ0n) is 16.0. The molecule has 0 radical (unpaired) electrons. The molecule has 0 unspecified atom stereocenters. The summed E-state index contributed by atoms with van der Waals surface area (Å²) in [6, 6.07) is 0. The number of ether oxygens (including phenoxy) is 1. The van der Waals surface area contributed by atoms with Gasteiger partial charge in [0, 0.05) is 0 Å². The van der Waals surface area contributed by atoms with Crippen LogP contribution in [-0.4, -0.2) is 74.9 Å². The van der Waals surface area contributed by atoms with Crippen LogP contribution in [0.25, 0.3) is 0 Å². The third-order valence-electron chi connectivity index (χ3n) is 6.12. The SMILES string of the molecule is CC(C)[C@@H]1CC[C@H](C)C[C@H]1OC[C@H](O)C[NH+]1CC[NH+](CCO)CC1. The summed E-state index contributed by atoms with van der Waals surface area (Å²) in [4.78, 5) is 2.97. The number of aliphatic hydroxyl groups excluding tert-OH is 2. The first-order chi connectivity index (χ1) is 11.5. The van der Waals surface area contributed by atoms with Crippen LogP contribution in [0.4, 0.5) is 0 Å². The summed E-state index contributed by atoms with van der Waals surface area (Å²) in [7, 11) is 0. The van der Waals surface area contributed by atoms with E-state index in [1.165, 1.54) is 22.6 Å². The van der Waals surface area contributed by atoms with Crippen molar-refractivity contribution in [1.82, 2.24) is 0 Å². The van der Waals surface area contributed by atoms with Crippen LogP contribution in [0.2, 0.25) is 0 Å². The summed E-state index contributed by atoms with van der Waals surface area (Å²) in [6.45, 7) is 13.7. The molecule has 0 aromatic rings. The molecule has 2 rings (SSSR count). The van der Waals surface area contributed by atoms with Gasteiger partial charge in [-0.05, 0) is 30.6 Å². The van der Waals surface area contributed by atoms with Gasteiger partial charge in [0.25, 0.3) is 0 Å². The maximum atomic E-state index is 10.4. The summed E-state index contributed by atoms with van der Waals surface area (Å²) in [5.74, 6) is 2.05. The highest BCUT2D eigenvalue weighted by Crippen LogP contribution is 2.35. The van der Waals surface area contributed by atoms with E-state index in [9.17, 15) is 5.11 Å². The number of quaternary nitrogens is 2. The number of hydrogen-bond donors (Lipinski definition) is 4. The molecule has 1 heterocycles. The topological polar surface area (TPSA) is 58.6 Å². The Labute approximate surface area is 148 Å². The molecule has 0 aromatic carbocycles. The molecule has 1 saturated heterocycles. The van der Waals surface area contributed by atoms with Crippen LogP contribution >= 0.6 is 0 Å². The molecular formula is C19H40N2O3+2. The smallest absolute Gasteiger partial charge is 0.127 e. The summed E-state index contributed by atoms with van der Waals surface area (Å²) in [5, 5.41) is 19.4. The number of nitrogens with one attached hydrogen (secondary N) is 2. The molecule has 0 bridgehead atoms. The Bertz CT molecular complexity index is 346. The Morgan fingerprint density at radius 2 is 1.75 bits per heavy atom. The van der Waals surface area contributed by atoms with E-state index in [4.69, 9.17) is 9.84 Å². The van der Waals surface area contributed by atoms with Crippen molar-refractivity contribution < 1.29 is 24.7 Å². The lowest BCUT2D eigenvalue weighted by molar-refractivity contribution is -1.01. The van der Waals surface area contributed by atoms with Gasteiger partial charge in [0.1, 0.15) is 45.4 Å². The number of rotatable bonds is 8. The molecule has 5 heteroatoms. The van der Waals surface area contributed by atoms with Crippen molar-refractivity contribution in [2.24, 2.45) is 17.8 Å². The standard InChI is InChI=1S/C19H38N2O3/c1-15(2)18-5-4-16(3)12-19(18)24-14-17(23)13-21-8-6-20(7-9-21)10-11-22/h15-19,22-23H,4-14H2,1-3H3/p+2/t16-,17+,18-,19+/m0/s1. The maximum absolute atomic E-state index is 10.4. The molecule has 0 aromatic heterocycles. The van der Waals surface area contributed by atoms with Crippen LogP contribution in [-0.2, 0) is 4.74 Å². The molecule has 2 fully saturated rings. The van der Waals surface area contributed by atoms with Crippen molar-refractivity contribution in [3.63, 3.8) is 0 Å². The van der Waals surface area contributed by atoms with Gasteiger partial charge in [-0.1, -0.05) is 27.2 Å². The highest BCUT2D eigenvalue weighted by atomic mass is 16.5. The fourth-order valence-corrected chi connectivity index (χ4v) is 4.50. The minimum atomic E-state index is -0.357. The second-order valence-corrected chi connectivity index (χ2v) is 8.53. The van der Waals surface area contributed by atoms with Gasteiger partial charge >= 0.3 is 0 Å². The van der Waals surface area contributed by atoms with Crippen LogP contribution in [0.1, 0.15) is 40.0 Å². The normalized spacial score (nSPS) is 36.0. The van der Waals surface area contributed by atoms with Crippen LogP contribution < -0.4 is 9.80 Å². The van der Waals surface area contributed by atoms with E-state index in [-0.39, 0.29) is 12.7 Å². The highest BCUT2D eigenvalue weighted by Gasteiger charge is 2.32. The lowest BCUT2D eigenvalue weighted by Gasteiger charge is -2.37. The third kappa shape index (κ3) is 6.26. The maximum Gasteiger partial charge on any atom is 0.127 e. The van der Waals surface area contributed by atoms with E-state index in [2.05, 4.69) is 20.8 Å². The number of hydrogen-bond acceptors (Lipinski definition) is 3. The van der Waals surface area contributed by atoms with Crippen molar-refractivity contribution in [1.29, 1.82) is 0 Å². The van der Waals surface area contributed by atoms with Crippen molar-refractivity contribution in [2.75, 3.05) is 52.5 Å². The van der Waals surface area contributed by atoms with Crippen LogP contribution in [0, 0.1) is 17.8 Å². The quantitative estimate of drug-likeness (QED) is 0.438. The van der Waals surface area contributed by atoms with Gasteiger partial charge in [-0.25, -0.2) is 0 Å².